The Morgan fingerprint density at radius 1 is 1.38 bits per heavy atom. The van der Waals surface area contributed by atoms with E-state index in [9.17, 15) is 0 Å². The van der Waals surface area contributed by atoms with Crippen molar-refractivity contribution in [2.75, 3.05) is 17.3 Å². The summed E-state index contributed by atoms with van der Waals surface area (Å²) in [5.74, 6) is 3.54. The van der Waals surface area contributed by atoms with E-state index in [4.69, 9.17) is 0 Å². The Bertz CT molecular complexity index is 254. The Labute approximate surface area is 112 Å². The van der Waals surface area contributed by atoms with Crippen LogP contribution in [0.25, 0.3) is 0 Å². The van der Waals surface area contributed by atoms with Gasteiger partial charge in [-0.25, -0.2) is 0 Å². The van der Waals surface area contributed by atoms with Gasteiger partial charge in [0.15, 0.2) is 0 Å². The maximum atomic E-state index is 2.36. The molecular formula is C13H20S3. The van der Waals surface area contributed by atoms with Crippen LogP contribution in [-0.4, -0.2) is 17.3 Å². The SMILES string of the molecule is CCCSS/C=C/CSCC1=CCCC=C1. The normalized spacial score (nSPS) is 15.7. The second kappa shape index (κ2) is 10.4. The summed E-state index contributed by atoms with van der Waals surface area (Å²) >= 11 is 1.99. The van der Waals surface area contributed by atoms with Gasteiger partial charge in [-0.2, -0.15) is 11.8 Å². The van der Waals surface area contributed by atoms with Crippen molar-refractivity contribution in [3.05, 3.63) is 35.3 Å². The molecule has 0 bridgehead atoms. The van der Waals surface area contributed by atoms with E-state index < -0.39 is 0 Å². The van der Waals surface area contributed by atoms with Crippen molar-refractivity contribution < 1.29 is 0 Å². The Hall–Kier alpha value is 0.270. The lowest BCUT2D eigenvalue weighted by atomic mass is 10.1. The van der Waals surface area contributed by atoms with Gasteiger partial charge in [-0.15, -0.1) is 0 Å². The molecule has 0 saturated heterocycles. The van der Waals surface area contributed by atoms with Crippen LogP contribution < -0.4 is 0 Å². The van der Waals surface area contributed by atoms with E-state index >= 15 is 0 Å². The molecule has 1 rings (SSSR count). The lowest BCUT2D eigenvalue weighted by Crippen LogP contribution is -1.88. The third-order valence-electron chi connectivity index (χ3n) is 2.06. The highest BCUT2D eigenvalue weighted by Crippen LogP contribution is 2.23. The zero-order valence-corrected chi connectivity index (χ0v) is 12.3. The molecule has 0 aromatic rings. The number of thioether (sulfide) groups is 1. The molecule has 0 fully saturated rings. The monoisotopic (exact) mass is 272 g/mol. The van der Waals surface area contributed by atoms with Crippen LogP contribution >= 0.6 is 33.3 Å². The molecule has 0 saturated carbocycles. The van der Waals surface area contributed by atoms with Gasteiger partial charge in [0.2, 0.25) is 0 Å². The standard InChI is InChI=1S/C13H20S3/c1-2-9-15-16-11-6-10-14-12-13-7-4-3-5-8-13/h4,6-8,11H,2-3,5,9-10,12H2,1H3/b11-6+. The van der Waals surface area contributed by atoms with Gasteiger partial charge in [0.25, 0.3) is 0 Å². The number of rotatable bonds is 8. The van der Waals surface area contributed by atoms with Crippen LogP contribution in [0.1, 0.15) is 26.2 Å². The summed E-state index contributed by atoms with van der Waals surface area (Å²) < 4.78 is 0. The van der Waals surface area contributed by atoms with E-state index in [2.05, 4.69) is 36.6 Å². The van der Waals surface area contributed by atoms with E-state index in [1.54, 1.807) is 0 Å². The van der Waals surface area contributed by atoms with Crippen LogP contribution in [0.4, 0.5) is 0 Å². The number of hydrogen-bond acceptors (Lipinski definition) is 3. The molecule has 0 radical (unpaired) electrons. The topological polar surface area (TPSA) is 0 Å². The molecule has 16 heavy (non-hydrogen) atoms. The maximum absolute atomic E-state index is 2.36. The summed E-state index contributed by atoms with van der Waals surface area (Å²) in [5.41, 5.74) is 1.50. The lowest BCUT2D eigenvalue weighted by Gasteiger charge is -2.04. The molecule has 0 aliphatic heterocycles. The van der Waals surface area contributed by atoms with E-state index in [-0.39, 0.29) is 0 Å². The highest BCUT2D eigenvalue weighted by molar-refractivity contribution is 8.77. The number of hydrogen-bond donors (Lipinski definition) is 0. The van der Waals surface area contributed by atoms with Crippen molar-refractivity contribution in [1.82, 2.24) is 0 Å². The Balaban J connectivity index is 1.95. The first kappa shape index (κ1) is 14.3. The smallest absolute Gasteiger partial charge is 0.0184 e. The third kappa shape index (κ3) is 7.53. The first-order valence-electron chi connectivity index (χ1n) is 5.80. The molecule has 0 heterocycles. The van der Waals surface area contributed by atoms with Gasteiger partial charge in [-0.1, -0.05) is 52.8 Å². The molecule has 0 spiro atoms. The molecule has 0 aromatic heterocycles. The molecule has 3 heteroatoms. The minimum Gasteiger partial charge on any atom is -0.153 e. The fraction of sp³-hybridized carbons (Fsp3) is 0.538. The molecule has 0 atom stereocenters. The Morgan fingerprint density at radius 3 is 3.06 bits per heavy atom. The van der Waals surface area contributed by atoms with Crippen LogP contribution in [0.3, 0.4) is 0 Å². The molecule has 90 valence electrons. The van der Waals surface area contributed by atoms with Crippen molar-refractivity contribution in [3.63, 3.8) is 0 Å². The third-order valence-corrected chi connectivity index (χ3v) is 5.28. The molecule has 1 aliphatic rings. The van der Waals surface area contributed by atoms with Crippen molar-refractivity contribution in [2.45, 2.75) is 26.2 Å². The van der Waals surface area contributed by atoms with Crippen LogP contribution in [0.2, 0.25) is 0 Å². The average Bonchev–Trinajstić information content (AvgIpc) is 2.34. The summed E-state index contributed by atoms with van der Waals surface area (Å²) in [6.45, 7) is 2.22. The molecule has 1 aliphatic carbocycles. The second-order valence-electron chi connectivity index (χ2n) is 3.56. The zero-order chi connectivity index (χ0) is 11.5. The van der Waals surface area contributed by atoms with Crippen LogP contribution in [0.5, 0.6) is 0 Å². The lowest BCUT2D eigenvalue weighted by molar-refractivity contribution is 1.02. The van der Waals surface area contributed by atoms with Gasteiger partial charge in [0.1, 0.15) is 0 Å². The maximum Gasteiger partial charge on any atom is 0.0184 e. The first-order chi connectivity index (χ1) is 7.93. The summed E-state index contributed by atoms with van der Waals surface area (Å²) in [6.07, 6.45) is 12.9. The average molecular weight is 273 g/mol. The van der Waals surface area contributed by atoms with Crippen LogP contribution in [-0.2, 0) is 0 Å². The van der Waals surface area contributed by atoms with Gasteiger partial charge in [-0.3, -0.25) is 0 Å². The molecule has 0 nitrogen and oxygen atoms in total. The largest absolute Gasteiger partial charge is 0.153 e. The van der Waals surface area contributed by atoms with E-state index in [1.165, 1.54) is 30.6 Å². The van der Waals surface area contributed by atoms with Crippen molar-refractivity contribution >= 4 is 33.3 Å². The quantitative estimate of drug-likeness (QED) is 0.434. The highest BCUT2D eigenvalue weighted by atomic mass is 33.1. The van der Waals surface area contributed by atoms with E-state index in [1.807, 2.05) is 33.3 Å². The van der Waals surface area contributed by atoms with Gasteiger partial charge in [0.05, 0.1) is 0 Å². The van der Waals surface area contributed by atoms with Gasteiger partial charge in [-0.05, 0) is 30.2 Å². The molecule has 0 N–H and O–H groups in total. The minimum atomic E-state index is 1.13. The fourth-order valence-corrected chi connectivity index (χ4v) is 3.97. The van der Waals surface area contributed by atoms with Crippen LogP contribution in [0.15, 0.2) is 35.3 Å². The highest BCUT2D eigenvalue weighted by Gasteiger charge is 1.96. The van der Waals surface area contributed by atoms with Crippen molar-refractivity contribution in [3.8, 4) is 0 Å². The summed E-state index contributed by atoms with van der Waals surface area (Å²) in [4.78, 5) is 0. The molecule has 0 unspecified atom stereocenters. The van der Waals surface area contributed by atoms with Crippen LogP contribution in [0, 0.1) is 0 Å². The van der Waals surface area contributed by atoms with Crippen molar-refractivity contribution in [2.24, 2.45) is 0 Å². The first-order valence-corrected chi connectivity index (χ1v) is 9.33. The van der Waals surface area contributed by atoms with E-state index in [0.29, 0.717) is 0 Å². The molecular weight excluding hydrogens is 252 g/mol. The molecule has 0 aromatic carbocycles. The van der Waals surface area contributed by atoms with Gasteiger partial charge in [0, 0.05) is 17.3 Å². The predicted molar refractivity (Wildman–Crippen MR) is 83.3 cm³/mol. The second-order valence-corrected chi connectivity index (χ2v) is 6.99. The zero-order valence-electron chi connectivity index (χ0n) is 9.85. The Kier molecular flexibility index (Phi) is 9.34. The summed E-state index contributed by atoms with van der Waals surface area (Å²) in [6, 6.07) is 0. The van der Waals surface area contributed by atoms with Crippen molar-refractivity contribution in [1.29, 1.82) is 0 Å². The number of allylic oxidation sites excluding steroid dienone is 3. The van der Waals surface area contributed by atoms with E-state index in [0.717, 1.165) is 11.5 Å². The van der Waals surface area contributed by atoms with Gasteiger partial charge >= 0.3 is 0 Å². The Morgan fingerprint density at radius 2 is 2.31 bits per heavy atom. The van der Waals surface area contributed by atoms with Gasteiger partial charge < -0.3 is 0 Å². The fourth-order valence-electron chi connectivity index (χ4n) is 1.27. The summed E-state index contributed by atoms with van der Waals surface area (Å²) in [5, 5.41) is 2.22. The molecule has 0 amide bonds. The minimum absolute atomic E-state index is 1.13. The summed E-state index contributed by atoms with van der Waals surface area (Å²) in [7, 11) is 3.80. The predicted octanol–water partition coefficient (Wildman–Crippen LogP) is 5.30.